The number of hydrogen-bond donors (Lipinski definition) is 2. The van der Waals surface area contributed by atoms with Crippen molar-refractivity contribution in [1.29, 1.82) is 5.26 Å². The van der Waals surface area contributed by atoms with Crippen LogP contribution in [0.15, 0.2) is 30.3 Å². The number of nitrogen functional groups attached to an aromatic ring is 2. The van der Waals surface area contributed by atoms with Crippen molar-refractivity contribution in [1.82, 2.24) is 0 Å². The zero-order valence-electron chi connectivity index (χ0n) is 9.65. The molecule has 19 heavy (non-hydrogen) atoms. The van der Waals surface area contributed by atoms with E-state index in [4.69, 9.17) is 33.1 Å². The number of nitrogens with two attached hydrogens (primary N) is 2. The van der Waals surface area contributed by atoms with Gasteiger partial charge < -0.3 is 16.2 Å². The van der Waals surface area contributed by atoms with Gasteiger partial charge in [0.05, 0.1) is 16.9 Å². The Kier molecular flexibility index (Phi) is 3.45. The Hall–Kier alpha value is -2.45. The first-order chi connectivity index (χ1) is 9.04. The fourth-order valence-electron chi connectivity index (χ4n) is 1.51. The van der Waals surface area contributed by atoms with Gasteiger partial charge in [0.1, 0.15) is 16.8 Å². The molecule has 0 bridgehead atoms. The minimum absolute atomic E-state index is 0.00661. The molecule has 0 fully saturated rings. The third kappa shape index (κ3) is 2.39. The van der Waals surface area contributed by atoms with Gasteiger partial charge in [-0.3, -0.25) is 0 Å². The molecule has 4 nitrogen and oxygen atoms in total. The maximum atomic E-state index is 13.9. The minimum Gasteiger partial charge on any atom is -0.451 e. The first-order valence-electron chi connectivity index (χ1n) is 5.24. The summed E-state index contributed by atoms with van der Waals surface area (Å²) in [6, 6.07) is 9.63. The molecule has 0 unspecified atom stereocenters. The normalized spacial score (nSPS) is 9.95. The van der Waals surface area contributed by atoms with Gasteiger partial charge in [-0.2, -0.15) is 5.26 Å². The van der Waals surface area contributed by atoms with Gasteiger partial charge in [0.15, 0.2) is 11.6 Å². The van der Waals surface area contributed by atoms with E-state index in [0.29, 0.717) is 0 Å². The van der Waals surface area contributed by atoms with Crippen molar-refractivity contribution in [3.05, 3.63) is 46.7 Å². The Morgan fingerprint density at radius 1 is 1.21 bits per heavy atom. The van der Waals surface area contributed by atoms with Crippen LogP contribution in [-0.4, -0.2) is 0 Å². The molecule has 0 saturated heterocycles. The third-order valence-electron chi connectivity index (χ3n) is 2.44. The molecule has 0 amide bonds. The summed E-state index contributed by atoms with van der Waals surface area (Å²) in [6.45, 7) is 0. The molecule has 0 radical (unpaired) electrons. The number of para-hydroxylation sites is 1. The van der Waals surface area contributed by atoms with Crippen LogP contribution in [0.5, 0.6) is 11.5 Å². The summed E-state index contributed by atoms with van der Waals surface area (Å²) in [7, 11) is 0. The molecular weight excluding hydrogens is 269 g/mol. The third-order valence-corrected chi connectivity index (χ3v) is 2.82. The van der Waals surface area contributed by atoms with E-state index in [0.717, 1.165) is 0 Å². The van der Waals surface area contributed by atoms with Crippen molar-refractivity contribution in [2.24, 2.45) is 0 Å². The Morgan fingerprint density at radius 2 is 1.89 bits per heavy atom. The predicted molar refractivity (Wildman–Crippen MR) is 71.5 cm³/mol. The highest BCUT2D eigenvalue weighted by Crippen LogP contribution is 2.38. The Morgan fingerprint density at radius 3 is 2.58 bits per heavy atom. The van der Waals surface area contributed by atoms with Gasteiger partial charge in [-0.1, -0.05) is 23.7 Å². The Balaban J connectivity index is 2.51. The molecule has 0 spiro atoms. The van der Waals surface area contributed by atoms with Crippen LogP contribution in [0.2, 0.25) is 5.02 Å². The van der Waals surface area contributed by atoms with Gasteiger partial charge in [-0.15, -0.1) is 0 Å². The van der Waals surface area contributed by atoms with Gasteiger partial charge >= 0.3 is 0 Å². The van der Waals surface area contributed by atoms with E-state index in [1.165, 1.54) is 12.1 Å². The monoisotopic (exact) mass is 277 g/mol. The van der Waals surface area contributed by atoms with Crippen molar-refractivity contribution >= 4 is 23.0 Å². The standard InChI is InChI=1S/C13H9ClFN3O/c14-11-8(17)5-9(18)13(12(11)15)19-10-4-2-1-3-7(10)6-16/h1-5H,17-18H2. The number of ether oxygens (including phenoxy) is 1. The van der Waals surface area contributed by atoms with E-state index in [1.807, 2.05) is 6.07 Å². The Bertz CT molecular complexity index is 682. The molecular formula is C13H9ClFN3O. The van der Waals surface area contributed by atoms with Crippen LogP contribution in [0.4, 0.5) is 15.8 Å². The van der Waals surface area contributed by atoms with E-state index >= 15 is 0 Å². The van der Waals surface area contributed by atoms with Gasteiger partial charge in [0.25, 0.3) is 0 Å². The van der Waals surface area contributed by atoms with Crippen molar-refractivity contribution in [3.63, 3.8) is 0 Å². The summed E-state index contributed by atoms with van der Waals surface area (Å²) < 4.78 is 19.3. The van der Waals surface area contributed by atoms with Crippen molar-refractivity contribution < 1.29 is 9.13 Å². The van der Waals surface area contributed by atoms with Gasteiger partial charge in [-0.05, 0) is 18.2 Å². The molecule has 0 heterocycles. The highest BCUT2D eigenvalue weighted by Gasteiger charge is 2.17. The average Bonchev–Trinajstić information content (AvgIpc) is 2.41. The van der Waals surface area contributed by atoms with E-state index in [9.17, 15) is 4.39 Å². The van der Waals surface area contributed by atoms with E-state index < -0.39 is 5.82 Å². The van der Waals surface area contributed by atoms with Crippen LogP contribution in [0.25, 0.3) is 0 Å². The molecule has 0 saturated carbocycles. The fraction of sp³-hybridized carbons (Fsp3) is 0. The maximum absolute atomic E-state index is 13.9. The second-order valence-corrected chi connectivity index (χ2v) is 4.10. The van der Waals surface area contributed by atoms with E-state index in [-0.39, 0.29) is 33.5 Å². The van der Waals surface area contributed by atoms with Crippen LogP contribution in [0, 0.1) is 17.1 Å². The summed E-state index contributed by atoms with van der Waals surface area (Å²) in [4.78, 5) is 0. The SMILES string of the molecule is N#Cc1ccccc1Oc1c(N)cc(N)c(Cl)c1F. The topological polar surface area (TPSA) is 85.1 Å². The molecule has 0 aliphatic rings. The number of anilines is 2. The van der Waals surface area contributed by atoms with Crippen LogP contribution >= 0.6 is 11.6 Å². The number of rotatable bonds is 2. The summed E-state index contributed by atoms with van der Waals surface area (Å²) >= 11 is 5.69. The summed E-state index contributed by atoms with van der Waals surface area (Å²) in [6.07, 6.45) is 0. The molecule has 96 valence electrons. The number of nitriles is 1. The highest BCUT2D eigenvalue weighted by molar-refractivity contribution is 6.33. The first kappa shape index (κ1) is 13.0. The lowest BCUT2D eigenvalue weighted by atomic mass is 10.2. The smallest absolute Gasteiger partial charge is 0.188 e. The van der Waals surface area contributed by atoms with E-state index in [2.05, 4.69) is 0 Å². The van der Waals surface area contributed by atoms with Gasteiger partial charge in [0.2, 0.25) is 0 Å². The lowest BCUT2D eigenvalue weighted by Gasteiger charge is -2.12. The average molecular weight is 278 g/mol. The number of benzene rings is 2. The molecule has 2 aromatic carbocycles. The zero-order chi connectivity index (χ0) is 14.0. The van der Waals surface area contributed by atoms with Gasteiger partial charge in [0, 0.05) is 0 Å². The van der Waals surface area contributed by atoms with Crippen molar-refractivity contribution in [2.75, 3.05) is 11.5 Å². The van der Waals surface area contributed by atoms with Crippen LogP contribution in [0.1, 0.15) is 5.56 Å². The second-order valence-electron chi connectivity index (χ2n) is 3.72. The second kappa shape index (κ2) is 5.04. The lowest BCUT2D eigenvalue weighted by molar-refractivity contribution is 0.444. The van der Waals surface area contributed by atoms with Crippen molar-refractivity contribution in [3.8, 4) is 17.6 Å². The van der Waals surface area contributed by atoms with Crippen molar-refractivity contribution in [2.45, 2.75) is 0 Å². The molecule has 0 aromatic heterocycles. The quantitative estimate of drug-likeness (QED) is 0.825. The molecule has 4 N–H and O–H groups in total. The zero-order valence-corrected chi connectivity index (χ0v) is 10.4. The largest absolute Gasteiger partial charge is 0.451 e. The molecule has 2 aromatic rings. The van der Waals surface area contributed by atoms with E-state index in [1.54, 1.807) is 18.2 Å². The summed E-state index contributed by atoms with van der Waals surface area (Å²) in [5.41, 5.74) is 11.4. The molecule has 0 atom stereocenters. The first-order valence-corrected chi connectivity index (χ1v) is 5.62. The fourth-order valence-corrected chi connectivity index (χ4v) is 1.65. The molecule has 2 rings (SSSR count). The van der Waals surface area contributed by atoms with Gasteiger partial charge in [-0.25, -0.2) is 4.39 Å². The highest BCUT2D eigenvalue weighted by atomic mass is 35.5. The Labute approximate surface area is 114 Å². The predicted octanol–water partition coefficient (Wildman–Crippen LogP) is 3.31. The lowest BCUT2D eigenvalue weighted by Crippen LogP contribution is -2.00. The minimum atomic E-state index is -0.855. The molecule has 6 heteroatoms. The molecule has 0 aliphatic heterocycles. The van der Waals surface area contributed by atoms with Crippen LogP contribution in [0.3, 0.4) is 0 Å². The van der Waals surface area contributed by atoms with Crippen LogP contribution < -0.4 is 16.2 Å². The number of nitrogens with zero attached hydrogens (tertiary/aromatic N) is 1. The number of hydrogen-bond acceptors (Lipinski definition) is 4. The van der Waals surface area contributed by atoms with Crippen LogP contribution in [-0.2, 0) is 0 Å². The number of halogens is 2. The summed E-state index contributed by atoms with van der Waals surface area (Å²) in [5.74, 6) is -0.912. The maximum Gasteiger partial charge on any atom is 0.188 e. The summed E-state index contributed by atoms with van der Waals surface area (Å²) in [5, 5.41) is 8.67. The molecule has 0 aliphatic carbocycles.